The second-order valence-corrected chi connectivity index (χ2v) is 6.97. The molecule has 1 N–H and O–H groups in total. The maximum Gasteiger partial charge on any atom is 0.266 e. The predicted octanol–water partition coefficient (Wildman–Crippen LogP) is 1.94. The number of halogens is 1. The summed E-state index contributed by atoms with van der Waals surface area (Å²) in [7, 11) is 0. The molecule has 0 spiro atoms. The van der Waals surface area contributed by atoms with Crippen LogP contribution in [0.2, 0.25) is 0 Å². The van der Waals surface area contributed by atoms with Crippen LogP contribution in [0.25, 0.3) is 17.0 Å². The summed E-state index contributed by atoms with van der Waals surface area (Å²) >= 11 is 1.23. The maximum absolute atomic E-state index is 13.5. The average Bonchev–Trinajstić information content (AvgIpc) is 3.28. The molecular formula is C17H16FN5O2S. The first-order valence-electron chi connectivity index (χ1n) is 8.26. The molecule has 0 radical (unpaired) electrons. The number of amides is 1. The number of nitrogens with zero attached hydrogens (tertiary/aromatic N) is 4. The molecule has 1 saturated heterocycles. The molecule has 7 nitrogen and oxygen atoms in total. The topological polar surface area (TPSA) is 83.4 Å². The van der Waals surface area contributed by atoms with Crippen molar-refractivity contribution in [1.29, 1.82) is 0 Å². The second-order valence-electron chi connectivity index (χ2n) is 6.03. The molecule has 1 amide bonds. The van der Waals surface area contributed by atoms with Gasteiger partial charge < -0.3 is 4.90 Å². The highest BCUT2D eigenvalue weighted by Gasteiger charge is 2.19. The van der Waals surface area contributed by atoms with Crippen molar-refractivity contribution in [2.24, 2.45) is 0 Å². The highest BCUT2D eigenvalue weighted by atomic mass is 32.2. The number of carbonyl (C=O) groups is 1. The summed E-state index contributed by atoms with van der Waals surface area (Å²) in [4.78, 5) is 34.6. The Balaban J connectivity index is 1.68. The normalized spacial score (nSPS) is 14.3. The maximum atomic E-state index is 13.5. The Hall–Kier alpha value is -2.68. The van der Waals surface area contributed by atoms with Crippen molar-refractivity contribution in [3.05, 3.63) is 46.5 Å². The third kappa shape index (κ3) is 3.34. The van der Waals surface area contributed by atoms with E-state index in [1.807, 2.05) is 4.90 Å². The molecule has 4 rings (SSSR count). The van der Waals surface area contributed by atoms with Crippen molar-refractivity contribution in [2.45, 2.75) is 18.0 Å². The van der Waals surface area contributed by atoms with Crippen LogP contribution in [0, 0.1) is 5.82 Å². The van der Waals surface area contributed by atoms with Crippen LogP contribution in [0.15, 0.2) is 40.3 Å². The van der Waals surface area contributed by atoms with Gasteiger partial charge in [-0.1, -0.05) is 23.9 Å². The summed E-state index contributed by atoms with van der Waals surface area (Å²) in [5.41, 5.74) is 0.567. The fraction of sp³-hybridized carbons (Fsp3) is 0.294. The molecule has 0 aliphatic carbocycles. The Morgan fingerprint density at radius 1 is 1.23 bits per heavy atom. The molecular weight excluding hydrogens is 357 g/mol. The molecule has 9 heteroatoms. The van der Waals surface area contributed by atoms with Gasteiger partial charge in [0.05, 0.1) is 5.75 Å². The van der Waals surface area contributed by atoms with Crippen LogP contribution in [0.3, 0.4) is 0 Å². The van der Waals surface area contributed by atoms with Gasteiger partial charge in [-0.3, -0.25) is 14.7 Å². The molecule has 1 fully saturated rings. The van der Waals surface area contributed by atoms with Crippen LogP contribution in [-0.4, -0.2) is 49.2 Å². The lowest BCUT2D eigenvalue weighted by Crippen LogP contribution is -2.29. The smallest absolute Gasteiger partial charge is 0.266 e. The fourth-order valence-electron chi connectivity index (χ4n) is 2.92. The second kappa shape index (κ2) is 6.91. The van der Waals surface area contributed by atoms with Gasteiger partial charge >= 0.3 is 0 Å². The molecule has 2 aromatic heterocycles. The number of hydrogen-bond acceptors (Lipinski definition) is 5. The third-order valence-electron chi connectivity index (χ3n) is 4.19. The molecule has 0 saturated carbocycles. The first kappa shape index (κ1) is 16.8. The van der Waals surface area contributed by atoms with E-state index in [4.69, 9.17) is 0 Å². The zero-order valence-electron chi connectivity index (χ0n) is 13.8. The van der Waals surface area contributed by atoms with Crippen molar-refractivity contribution in [3.8, 4) is 11.4 Å². The SMILES string of the molecule is O=C(CSc1nc(-c2cccc(F)c2)nc2cc(=O)[nH]n12)N1CCCC1. The van der Waals surface area contributed by atoms with E-state index < -0.39 is 5.82 Å². The number of nitrogens with one attached hydrogen (secondary N) is 1. The zero-order chi connectivity index (χ0) is 18.1. The molecule has 1 aliphatic rings. The van der Waals surface area contributed by atoms with Gasteiger partial charge in [-0.15, -0.1) is 0 Å². The number of hydrogen-bond donors (Lipinski definition) is 1. The molecule has 26 heavy (non-hydrogen) atoms. The summed E-state index contributed by atoms with van der Waals surface area (Å²) in [5, 5.41) is 3.06. The van der Waals surface area contributed by atoms with Crippen molar-refractivity contribution in [2.75, 3.05) is 18.8 Å². The molecule has 3 aromatic rings. The number of aromatic nitrogens is 4. The van der Waals surface area contributed by atoms with Crippen molar-refractivity contribution in [3.63, 3.8) is 0 Å². The van der Waals surface area contributed by atoms with Gasteiger partial charge in [0, 0.05) is 24.7 Å². The van der Waals surface area contributed by atoms with Crippen LogP contribution < -0.4 is 5.56 Å². The minimum absolute atomic E-state index is 0.0427. The quantitative estimate of drug-likeness (QED) is 0.707. The summed E-state index contributed by atoms with van der Waals surface area (Å²) in [6.45, 7) is 1.57. The number of likely N-dealkylation sites (tertiary alicyclic amines) is 1. The van der Waals surface area contributed by atoms with Gasteiger partial charge in [-0.05, 0) is 25.0 Å². The number of fused-ring (bicyclic) bond motifs is 1. The molecule has 1 aliphatic heterocycles. The summed E-state index contributed by atoms with van der Waals surface area (Å²) < 4.78 is 15.0. The van der Waals surface area contributed by atoms with E-state index in [2.05, 4.69) is 15.1 Å². The number of carbonyl (C=O) groups excluding carboxylic acids is 1. The molecule has 1 aromatic carbocycles. The first-order valence-corrected chi connectivity index (χ1v) is 9.25. The highest BCUT2D eigenvalue weighted by Crippen LogP contribution is 2.22. The van der Waals surface area contributed by atoms with Gasteiger partial charge in [0.25, 0.3) is 5.56 Å². The van der Waals surface area contributed by atoms with Crippen LogP contribution in [0.1, 0.15) is 12.8 Å². The van der Waals surface area contributed by atoms with Gasteiger partial charge in [0.15, 0.2) is 16.6 Å². The van der Waals surface area contributed by atoms with E-state index in [1.54, 1.807) is 12.1 Å². The monoisotopic (exact) mass is 373 g/mol. The molecule has 0 atom stereocenters. The van der Waals surface area contributed by atoms with Crippen LogP contribution in [0.4, 0.5) is 4.39 Å². The lowest BCUT2D eigenvalue weighted by atomic mass is 10.2. The van der Waals surface area contributed by atoms with Gasteiger partial charge in [0.2, 0.25) is 5.91 Å². The lowest BCUT2D eigenvalue weighted by Gasteiger charge is -2.14. The Labute approximate surface area is 152 Å². The standard InChI is InChI=1S/C17H16FN5O2S/c18-12-5-3-4-11(8-12)16-19-13-9-14(24)21-23(13)17(20-16)26-10-15(25)22-6-1-2-7-22/h3-5,8-9H,1-2,6-7,10H2,(H,21,24). The summed E-state index contributed by atoms with van der Waals surface area (Å²) in [5.74, 6) is 0.172. The van der Waals surface area contributed by atoms with Crippen molar-refractivity contribution >= 4 is 23.3 Å². The van der Waals surface area contributed by atoms with Crippen molar-refractivity contribution in [1.82, 2.24) is 24.5 Å². The predicted molar refractivity (Wildman–Crippen MR) is 95.5 cm³/mol. The minimum atomic E-state index is -0.393. The lowest BCUT2D eigenvalue weighted by molar-refractivity contribution is -0.127. The van der Waals surface area contributed by atoms with E-state index >= 15 is 0 Å². The molecule has 134 valence electrons. The first-order chi connectivity index (χ1) is 12.6. The Morgan fingerprint density at radius 2 is 2.04 bits per heavy atom. The van der Waals surface area contributed by atoms with Gasteiger partial charge in [-0.2, -0.15) is 0 Å². The Bertz CT molecular complexity index is 1030. The molecule has 3 heterocycles. The van der Waals surface area contributed by atoms with E-state index in [9.17, 15) is 14.0 Å². The highest BCUT2D eigenvalue weighted by molar-refractivity contribution is 7.99. The average molecular weight is 373 g/mol. The van der Waals surface area contributed by atoms with E-state index in [1.165, 1.54) is 34.5 Å². The number of rotatable bonds is 4. The number of thioether (sulfide) groups is 1. The fourth-order valence-corrected chi connectivity index (χ4v) is 3.78. The summed E-state index contributed by atoms with van der Waals surface area (Å²) in [6, 6.07) is 7.29. The van der Waals surface area contributed by atoms with Crippen LogP contribution >= 0.6 is 11.8 Å². The number of benzene rings is 1. The number of H-pyrrole nitrogens is 1. The zero-order valence-corrected chi connectivity index (χ0v) is 14.6. The Kier molecular flexibility index (Phi) is 4.46. The van der Waals surface area contributed by atoms with Crippen molar-refractivity contribution < 1.29 is 9.18 Å². The molecule has 0 bridgehead atoms. The van der Waals surface area contributed by atoms with E-state index in [-0.39, 0.29) is 17.2 Å². The third-order valence-corrected chi connectivity index (χ3v) is 5.11. The van der Waals surface area contributed by atoms with Crippen LogP contribution in [-0.2, 0) is 4.79 Å². The van der Waals surface area contributed by atoms with Gasteiger partial charge in [0.1, 0.15) is 5.82 Å². The molecule has 0 unspecified atom stereocenters. The van der Waals surface area contributed by atoms with E-state index in [0.29, 0.717) is 22.2 Å². The summed E-state index contributed by atoms with van der Waals surface area (Å²) in [6.07, 6.45) is 2.06. The Morgan fingerprint density at radius 3 is 2.81 bits per heavy atom. The minimum Gasteiger partial charge on any atom is -0.342 e. The van der Waals surface area contributed by atoms with Gasteiger partial charge in [-0.25, -0.2) is 18.9 Å². The van der Waals surface area contributed by atoms with E-state index in [0.717, 1.165) is 25.9 Å². The largest absolute Gasteiger partial charge is 0.342 e. The number of aromatic amines is 1. The van der Waals surface area contributed by atoms with Crippen LogP contribution in [0.5, 0.6) is 0 Å².